The molecular weight excluding hydrogens is 386 g/mol. The van der Waals surface area contributed by atoms with Crippen molar-refractivity contribution in [3.05, 3.63) is 59.7 Å². The molecular formula is C22H30N3O3S+. The fourth-order valence-electron chi connectivity index (χ4n) is 3.51. The summed E-state index contributed by atoms with van der Waals surface area (Å²) in [7, 11) is -3.74. The maximum atomic E-state index is 12.8. The molecule has 1 saturated carbocycles. The zero-order valence-corrected chi connectivity index (χ0v) is 18.0. The Morgan fingerprint density at radius 3 is 2.14 bits per heavy atom. The van der Waals surface area contributed by atoms with Gasteiger partial charge in [-0.25, -0.2) is 13.6 Å². The van der Waals surface area contributed by atoms with Crippen LogP contribution in [0.2, 0.25) is 0 Å². The molecule has 1 amide bonds. The molecule has 4 N–H and O–H groups in total. The highest BCUT2D eigenvalue weighted by molar-refractivity contribution is 7.89. The van der Waals surface area contributed by atoms with Gasteiger partial charge in [-0.05, 0) is 42.7 Å². The molecule has 2 aromatic rings. The first kappa shape index (κ1) is 21.5. The molecule has 1 aliphatic rings. The van der Waals surface area contributed by atoms with Gasteiger partial charge in [-0.1, -0.05) is 38.1 Å². The Balaban J connectivity index is 1.67. The average molecular weight is 417 g/mol. The van der Waals surface area contributed by atoms with Crippen molar-refractivity contribution >= 4 is 21.6 Å². The molecule has 7 heteroatoms. The number of primary sulfonamides is 1. The molecule has 0 aliphatic heterocycles. The molecule has 0 spiro atoms. The molecule has 0 bridgehead atoms. The third kappa shape index (κ3) is 5.65. The second-order valence-electron chi connectivity index (χ2n) is 8.20. The SMILES string of the molecule is CC(C)c1ccc(C[NH+](C2CC2)[C@H](C)C(=O)Nc2ccc(S(N)(=O)=O)cc2)cc1. The van der Waals surface area contributed by atoms with E-state index in [0.717, 1.165) is 19.4 Å². The van der Waals surface area contributed by atoms with Crippen LogP contribution in [0.5, 0.6) is 0 Å². The van der Waals surface area contributed by atoms with E-state index in [9.17, 15) is 13.2 Å². The maximum absolute atomic E-state index is 12.8. The van der Waals surface area contributed by atoms with Crippen molar-refractivity contribution in [3.8, 4) is 0 Å². The number of carbonyl (C=O) groups excluding carboxylic acids is 1. The van der Waals surface area contributed by atoms with Gasteiger partial charge in [-0.3, -0.25) is 4.79 Å². The van der Waals surface area contributed by atoms with Crippen molar-refractivity contribution < 1.29 is 18.1 Å². The van der Waals surface area contributed by atoms with Crippen LogP contribution < -0.4 is 15.4 Å². The maximum Gasteiger partial charge on any atom is 0.282 e. The molecule has 3 rings (SSSR count). The van der Waals surface area contributed by atoms with Gasteiger partial charge in [0.15, 0.2) is 6.04 Å². The Morgan fingerprint density at radius 2 is 1.66 bits per heavy atom. The monoisotopic (exact) mass is 416 g/mol. The summed E-state index contributed by atoms with van der Waals surface area (Å²) >= 11 is 0. The van der Waals surface area contributed by atoms with E-state index in [2.05, 4.69) is 43.4 Å². The van der Waals surface area contributed by atoms with Crippen LogP contribution in [-0.4, -0.2) is 26.4 Å². The number of benzene rings is 2. The number of nitrogens with one attached hydrogen (secondary N) is 2. The summed E-state index contributed by atoms with van der Waals surface area (Å²) in [6.45, 7) is 7.11. The Hall–Kier alpha value is -2.22. The summed E-state index contributed by atoms with van der Waals surface area (Å²) in [4.78, 5) is 14.1. The molecule has 29 heavy (non-hydrogen) atoms. The minimum atomic E-state index is -3.74. The smallest absolute Gasteiger partial charge is 0.282 e. The van der Waals surface area contributed by atoms with Crippen molar-refractivity contribution in [2.45, 2.75) is 63.1 Å². The first-order chi connectivity index (χ1) is 13.6. The number of sulfonamides is 1. The normalized spacial score (nSPS) is 16.4. The second kappa shape index (κ2) is 8.65. The van der Waals surface area contributed by atoms with E-state index < -0.39 is 10.0 Å². The largest absolute Gasteiger partial charge is 0.321 e. The van der Waals surface area contributed by atoms with Crippen molar-refractivity contribution in [3.63, 3.8) is 0 Å². The zero-order valence-electron chi connectivity index (χ0n) is 17.2. The molecule has 1 fully saturated rings. The molecule has 0 aromatic heterocycles. The van der Waals surface area contributed by atoms with Crippen LogP contribution in [0.25, 0.3) is 0 Å². The van der Waals surface area contributed by atoms with E-state index in [-0.39, 0.29) is 16.8 Å². The molecule has 156 valence electrons. The number of hydrogen-bond donors (Lipinski definition) is 3. The molecule has 2 aromatic carbocycles. The highest BCUT2D eigenvalue weighted by Crippen LogP contribution is 2.18. The second-order valence-corrected chi connectivity index (χ2v) is 9.76. The van der Waals surface area contributed by atoms with E-state index in [1.165, 1.54) is 28.2 Å². The molecule has 1 unspecified atom stereocenters. The number of amides is 1. The molecule has 0 heterocycles. The highest BCUT2D eigenvalue weighted by Gasteiger charge is 2.39. The quantitative estimate of drug-likeness (QED) is 0.615. The van der Waals surface area contributed by atoms with Crippen molar-refractivity contribution in [1.82, 2.24) is 0 Å². The minimum Gasteiger partial charge on any atom is -0.321 e. The van der Waals surface area contributed by atoms with Gasteiger partial charge in [0.25, 0.3) is 5.91 Å². The number of hydrogen-bond acceptors (Lipinski definition) is 3. The fourth-order valence-corrected chi connectivity index (χ4v) is 4.02. The summed E-state index contributed by atoms with van der Waals surface area (Å²) in [6, 6.07) is 14.9. The van der Waals surface area contributed by atoms with Gasteiger partial charge < -0.3 is 10.2 Å². The standard InChI is InChI=1S/C22H29N3O3S/c1-15(2)18-6-4-17(5-7-18)14-25(20-10-11-20)16(3)22(26)24-19-8-12-21(13-9-19)29(23,27)28/h4-9,12-13,15-16,20H,10-11,14H2,1-3H3,(H,24,26)(H2,23,27,28)/p+1/t16-/m1/s1. The predicted molar refractivity (Wildman–Crippen MR) is 114 cm³/mol. The van der Waals surface area contributed by atoms with Crippen LogP contribution in [0, 0.1) is 0 Å². The average Bonchev–Trinajstić information content (AvgIpc) is 3.50. The third-order valence-corrected chi connectivity index (χ3v) is 6.49. The van der Waals surface area contributed by atoms with Gasteiger partial charge >= 0.3 is 0 Å². The molecule has 2 atom stereocenters. The van der Waals surface area contributed by atoms with Crippen LogP contribution in [0.15, 0.2) is 53.4 Å². The lowest BCUT2D eigenvalue weighted by atomic mass is 10.0. The summed E-state index contributed by atoms with van der Waals surface area (Å²) in [5.74, 6) is 0.426. The number of rotatable bonds is 8. The lowest BCUT2D eigenvalue weighted by Crippen LogP contribution is -3.16. The predicted octanol–water partition coefficient (Wildman–Crippen LogP) is 2.03. The van der Waals surface area contributed by atoms with Gasteiger partial charge in [0.1, 0.15) is 6.54 Å². The minimum absolute atomic E-state index is 0.0265. The highest BCUT2D eigenvalue weighted by atomic mass is 32.2. The van der Waals surface area contributed by atoms with Crippen LogP contribution in [0.4, 0.5) is 5.69 Å². The Morgan fingerprint density at radius 1 is 1.07 bits per heavy atom. The third-order valence-electron chi connectivity index (χ3n) is 5.56. The van der Waals surface area contributed by atoms with Crippen LogP contribution in [-0.2, 0) is 21.4 Å². The van der Waals surface area contributed by atoms with E-state index >= 15 is 0 Å². The topological polar surface area (TPSA) is 93.7 Å². The summed E-state index contributed by atoms with van der Waals surface area (Å²) in [6.07, 6.45) is 2.28. The zero-order chi connectivity index (χ0) is 21.2. The van der Waals surface area contributed by atoms with Crippen molar-refractivity contribution in [1.29, 1.82) is 0 Å². The first-order valence-corrected chi connectivity index (χ1v) is 11.6. The molecule has 6 nitrogen and oxygen atoms in total. The van der Waals surface area contributed by atoms with Gasteiger partial charge in [0, 0.05) is 24.1 Å². The Bertz CT molecular complexity index is 950. The Kier molecular flexibility index (Phi) is 6.41. The lowest BCUT2D eigenvalue weighted by molar-refractivity contribution is -0.938. The number of quaternary nitrogens is 1. The van der Waals surface area contributed by atoms with Crippen LogP contribution in [0.3, 0.4) is 0 Å². The van der Waals surface area contributed by atoms with Gasteiger partial charge in [-0.2, -0.15) is 0 Å². The summed E-state index contributed by atoms with van der Waals surface area (Å²) in [5.41, 5.74) is 3.11. The van der Waals surface area contributed by atoms with E-state index in [0.29, 0.717) is 17.6 Å². The van der Waals surface area contributed by atoms with Crippen LogP contribution in [0.1, 0.15) is 50.7 Å². The summed E-state index contributed by atoms with van der Waals surface area (Å²) in [5, 5.41) is 8.01. The lowest BCUT2D eigenvalue weighted by Gasteiger charge is -2.25. The van der Waals surface area contributed by atoms with Gasteiger partial charge in [0.05, 0.1) is 10.9 Å². The van der Waals surface area contributed by atoms with Crippen LogP contribution >= 0.6 is 0 Å². The molecule has 0 saturated heterocycles. The number of anilines is 1. The molecule has 1 aliphatic carbocycles. The number of carbonyl (C=O) groups is 1. The van der Waals surface area contributed by atoms with E-state index in [1.807, 2.05) is 6.92 Å². The van der Waals surface area contributed by atoms with Gasteiger partial charge in [0.2, 0.25) is 10.0 Å². The van der Waals surface area contributed by atoms with E-state index in [4.69, 9.17) is 5.14 Å². The fraction of sp³-hybridized carbons (Fsp3) is 0.409. The van der Waals surface area contributed by atoms with E-state index in [1.54, 1.807) is 12.1 Å². The van der Waals surface area contributed by atoms with Crippen molar-refractivity contribution in [2.24, 2.45) is 5.14 Å². The molecule has 0 radical (unpaired) electrons. The number of nitrogens with two attached hydrogens (primary N) is 1. The Labute approximate surface area is 173 Å². The first-order valence-electron chi connectivity index (χ1n) is 10.0. The van der Waals surface area contributed by atoms with Gasteiger partial charge in [-0.15, -0.1) is 0 Å². The van der Waals surface area contributed by atoms with Crippen molar-refractivity contribution in [2.75, 3.05) is 5.32 Å². The summed E-state index contributed by atoms with van der Waals surface area (Å²) < 4.78 is 22.7.